The van der Waals surface area contributed by atoms with Crippen molar-refractivity contribution in [2.24, 2.45) is 5.92 Å². The van der Waals surface area contributed by atoms with Gasteiger partial charge < -0.3 is 4.90 Å². The maximum absolute atomic E-state index is 11.1. The zero-order valence-corrected chi connectivity index (χ0v) is 11.2. The van der Waals surface area contributed by atoms with Crippen LogP contribution in [0.3, 0.4) is 0 Å². The number of piperidine rings is 1. The van der Waals surface area contributed by atoms with Crippen LogP contribution in [0.4, 0.5) is 5.69 Å². The SMILES string of the molecule is CC1CCN(c2ccccc2/C=C/C(=O)NO)CC1. The van der Waals surface area contributed by atoms with Gasteiger partial charge in [-0.1, -0.05) is 25.1 Å². The first-order valence-corrected chi connectivity index (χ1v) is 6.67. The van der Waals surface area contributed by atoms with Gasteiger partial charge in [0.25, 0.3) is 5.91 Å². The first-order chi connectivity index (χ1) is 9.20. The molecule has 1 amide bonds. The molecule has 19 heavy (non-hydrogen) atoms. The number of hydrogen-bond donors (Lipinski definition) is 2. The molecular formula is C15H20N2O2. The van der Waals surface area contributed by atoms with Gasteiger partial charge in [-0.15, -0.1) is 0 Å². The van der Waals surface area contributed by atoms with E-state index in [-0.39, 0.29) is 0 Å². The van der Waals surface area contributed by atoms with Crippen molar-refractivity contribution in [1.29, 1.82) is 0 Å². The molecule has 0 atom stereocenters. The van der Waals surface area contributed by atoms with Gasteiger partial charge in [-0.3, -0.25) is 10.0 Å². The molecule has 1 aliphatic rings. The van der Waals surface area contributed by atoms with Crippen molar-refractivity contribution in [3.05, 3.63) is 35.9 Å². The highest BCUT2D eigenvalue weighted by atomic mass is 16.5. The molecule has 102 valence electrons. The summed E-state index contributed by atoms with van der Waals surface area (Å²) in [6.07, 6.45) is 5.48. The third-order valence-electron chi connectivity index (χ3n) is 3.59. The van der Waals surface area contributed by atoms with E-state index >= 15 is 0 Å². The Kier molecular flexibility index (Phi) is 4.58. The molecule has 0 unspecified atom stereocenters. The Morgan fingerprint density at radius 1 is 1.37 bits per heavy atom. The Labute approximate surface area is 113 Å². The van der Waals surface area contributed by atoms with E-state index in [9.17, 15) is 4.79 Å². The number of hydrogen-bond acceptors (Lipinski definition) is 3. The molecular weight excluding hydrogens is 240 g/mol. The van der Waals surface area contributed by atoms with Gasteiger partial charge >= 0.3 is 0 Å². The molecule has 0 radical (unpaired) electrons. The molecule has 1 saturated heterocycles. The van der Waals surface area contributed by atoms with Crippen LogP contribution in [-0.2, 0) is 4.79 Å². The van der Waals surface area contributed by atoms with E-state index in [1.807, 2.05) is 18.2 Å². The molecule has 1 aromatic carbocycles. The van der Waals surface area contributed by atoms with Crippen LogP contribution in [0, 0.1) is 5.92 Å². The second kappa shape index (κ2) is 6.38. The summed E-state index contributed by atoms with van der Waals surface area (Å²) >= 11 is 0. The first kappa shape index (κ1) is 13.6. The largest absolute Gasteiger partial charge is 0.371 e. The summed E-state index contributed by atoms with van der Waals surface area (Å²) in [6.45, 7) is 4.39. The highest BCUT2D eigenvalue weighted by Gasteiger charge is 2.17. The van der Waals surface area contributed by atoms with E-state index in [0.29, 0.717) is 0 Å². The van der Waals surface area contributed by atoms with Crippen molar-refractivity contribution in [2.45, 2.75) is 19.8 Å². The number of hydroxylamine groups is 1. The Morgan fingerprint density at radius 3 is 2.74 bits per heavy atom. The minimum Gasteiger partial charge on any atom is -0.371 e. The molecule has 0 spiro atoms. The molecule has 4 nitrogen and oxygen atoms in total. The van der Waals surface area contributed by atoms with E-state index in [4.69, 9.17) is 5.21 Å². The van der Waals surface area contributed by atoms with E-state index in [0.717, 1.165) is 30.3 Å². The summed E-state index contributed by atoms with van der Waals surface area (Å²) in [5.74, 6) is 0.279. The summed E-state index contributed by atoms with van der Waals surface area (Å²) in [7, 11) is 0. The Morgan fingerprint density at radius 2 is 2.05 bits per heavy atom. The zero-order valence-electron chi connectivity index (χ0n) is 11.2. The Balaban J connectivity index is 2.16. The molecule has 2 rings (SSSR count). The molecule has 0 saturated carbocycles. The third-order valence-corrected chi connectivity index (χ3v) is 3.59. The number of anilines is 1. The normalized spacial score (nSPS) is 16.8. The summed E-state index contributed by atoms with van der Waals surface area (Å²) < 4.78 is 0. The van der Waals surface area contributed by atoms with Crippen molar-refractivity contribution in [2.75, 3.05) is 18.0 Å². The molecule has 1 aliphatic heterocycles. The number of amides is 1. The van der Waals surface area contributed by atoms with Crippen LogP contribution in [0.1, 0.15) is 25.3 Å². The predicted octanol–water partition coefficient (Wildman–Crippen LogP) is 2.44. The Bertz CT molecular complexity index is 463. The van der Waals surface area contributed by atoms with Gasteiger partial charge in [0.05, 0.1) is 0 Å². The quantitative estimate of drug-likeness (QED) is 0.498. The van der Waals surface area contributed by atoms with Gasteiger partial charge in [0.2, 0.25) is 0 Å². The van der Waals surface area contributed by atoms with Crippen molar-refractivity contribution in [3.63, 3.8) is 0 Å². The summed E-state index contributed by atoms with van der Waals surface area (Å²) in [6, 6.07) is 8.02. The average molecular weight is 260 g/mol. The molecule has 4 heteroatoms. The lowest BCUT2D eigenvalue weighted by atomic mass is 9.98. The smallest absolute Gasteiger partial charge is 0.267 e. The van der Waals surface area contributed by atoms with Crippen LogP contribution in [0.2, 0.25) is 0 Å². The van der Waals surface area contributed by atoms with E-state index in [1.54, 1.807) is 11.6 Å². The van der Waals surface area contributed by atoms with Crippen LogP contribution >= 0.6 is 0 Å². The third kappa shape index (κ3) is 3.58. The lowest BCUT2D eigenvalue weighted by Crippen LogP contribution is -2.33. The van der Waals surface area contributed by atoms with Gasteiger partial charge in [-0.05, 0) is 36.5 Å². The molecule has 0 aliphatic carbocycles. The summed E-state index contributed by atoms with van der Waals surface area (Å²) in [4.78, 5) is 13.4. The van der Waals surface area contributed by atoms with Crippen LogP contribution in [-0.4, -0.2) is 24.2 Å². The maximum atomic E-state index is 11.1. The molecule has 0 bridgehead atoms. The van der Waals surface area contributed by atoms with Crippen LogP contribution in [0.5, 0.6) is 0 Å². The number of carbonyl (C=O) groups is 1. The number of rotatable bonds is 3. The van der Waals surface area contributed by atoms with Gasteiger partial charge in [-0.25, -0.2) is 5.48 Å². The maximum Gasteiger partial charge on any atom is 0.267 e. The fourth-order valence-electron chi connectivity index (χ4n) is 2.37. The highest BCUT2D eigenvalue weighted by molar-refractivity contribution is 5.91. The number of benzene rings is 1. The van der Waals surface area contributed by atoms with Crippen molar-refractivity contribution < 1.29 is 10.0 Å². The second-order valence-corrected chi connectivity index (χ2v) is 5.04. The standard InChI is InChI=1S/C15H20N2O2/c1-12-8-10-17(11-9-12)14-5-3-2-4-13(14)6-7-15(18)16-19/h2-7,12,19H,8-11H2,1H3,(H,16,18)/b7-6+. The van der Waals surface area contributed by atoms with Crippen LogP contribution < -0.4 is 10.4 Å². The van der Waals surface area contributed by atoms with Crippen LogP contribution in [0.25, 0.3) is 6.08 Å². The fourth-order valence-corrected chi connectivity index (χ4v) is 2.37. The lowest BCUT2D eigenvalue weighted by molar-refractivity contribution is -0.124. The monoisotopic (exact) mass is 260 g/mol. The molecule has 1 aromatic rings. The number of nitrogens with zero attached hydrogens (tertiary/aromatic N) is 1. The minimum atomic E-state index is -0.512. The van der Waals surface area contributed by atoms with Gasteiger partial charge in [0.1, 0.15) is 0 Å². The highest BCUT2D eigenvalue weighted by Crippen LogP contribution is 2.26. The summed E-state index contributed by atoms with van der Waals surface area (Å²) in [5, 5.41) is 8.50. The average Bonchev–Trinajstić information content (AvgIpc) is 2.46. The van der Waals surface area contributed by atoms with Gasteiger partial charge in [-0.2, -0.15) is 0 Å². The molecule has 2 N–H and O–H groups in total. The van der Waals surface area contributed by atoms with Crippen molar-refractivity contribution in [3.8, 4) is 0 Å². The van der Waals surface area contributed by atoms with E-state index < -0.39 is 5.91 Å². The predicted molar refractivity (Wildman–Crippen MR) is 76.0 cm³/mol. The van der Waals surface area contributed by atoms with Gasteiger partial charge in [0.15, 0.2) is 0 Å². The van der Waals surface area contributed by atoms with Crippen LogP contribution in [0.15, 0.2) is 30.3 Å². The molecule has 1 fully saturated rings. The topological polar surface area (TPSA) is 52.6 Å². The lowest BCUT2D eigenvalue weighted by Gasteiger charge is -2.33. The van der Waals surface area contributed by atoms with Crippen molar-refractivity contribution >= 4 is 17.7 Å². The fraction of sp³-hybridized carbons (Fsp3) is 0.400. The second-order valence-electron chi connectivity index (χ2n) is 5.04. The summed E-state index contributed by atoms with van der Waals surface area (Å²) in [5.41, 5.74) is 3.75. The van der Waals surface area contributed by atoms with Crippen molar-refractivity contribution in [1.82, 2.24) is 5.48 Å². The molecule has 1 heterocycles. The number of carbonyl (C=O) groups excluding carboxylic acids is 1. The molecule has 0 aromatic heterocycles. The Hall–Kier alpha value is -1.81. The minimum absolute atomic E-state index is 0.512. The van der Waals surface area contributed by atoms with E-state index in [2.05, 4.69) is 17.9 Å². The number of para-hydroxylation sites is 1. The zero-order chi connectivity index (χ0) is 13.7. The first-order valence-electron chi connectivity index (χ1n) is 6.67. The van der Waals surface area contributed by atoms with E-state index in [1.165, 1.54) is 18.9 Å². The number of nitrogens with one attached hydrogen (secondary N) is 1. The van der Waals surface area contributed by atoms with Gasteiger partial charge in [0, 0.05) is 24.9 Å².